The molecule has 2 aromatic rings. The normalized spacial score (nSPS) is 14.0. The summed E-state index contributed by atoms with van der Waals surface area (Å²) in [5.41, 5.74) is 1.91. The van der Waals surface area contributed by atoms with Crippen molar-refractivity contribution in [2.45, 2.75) is 17.7 Å². The van der Waals surface area contributed by atoms with E-state index >= 15 is 0 Å². The summed E-state index contributed by atoms with van der Waals surface area (Å²) in [6.07, 6.45) is 2.39. The Bertz CT molecular complexity index is 996. The zero-order chi connectivity index (χ0) is 21.7. The van der Waals surface area contributed by atoms with Crippen molar-refractivity contribution in [3.05, 3.63) is 54.1 Å². The fourth-order valence-corrected chi connectivity index (χ4v) is 4.02. The fourth-order valence-electron chi connectivity index (χ4n) is 3.12. The number of ether oxygens (including phenoxy) is 1. The Labute approximate surface area is 176 Å². The van der Waals surface area contributed by atoms with Crippen molar-refractivity contribution in [1.82, 2.24) is 4.31 Å². The molecule has 0 unspecified atom stereocenters. The Kier molecular flexibility index (Phi) is 6.73. The van der Waals surface area contributed by atoms with Gasteiger partial charge in [-0.05, 0) is 61.4 Å². The highest BCUT2D eigenvalue weighted by Gasteiger charge is 2.18. The smallest absolute Gasteiger partial charge is 0.338 e. The van der Waals surface area contributed by atoms with Gasteiger partial charge in [0.15, 0.2) is 6.61 Å². The van der Waals surface area contributed by atoms with Crippen molar-refractivity contribution < 1.29 is 22.7 Å². The Hall–Kier alpha value is -2.91. The zero-order valence-electron chi connectivity index (χ0n) is 17.0. The molecule has 160 valence electrons. The number of hydrogen-bond acceptors (Lipinski definition) is 6. The summed E-state index contributed by atoms with van der Waals surface area (Å²) in [4.78, 5) is 26.5. The van der Waals surface area contributed by atoms with Crippen molar-refractivity contribution in [1.29, 1.82) is 0 Å². The molecule has 0 atom stereocenters. The van der Waals surface area contributed by atoms with Gasteiger partial charge in [-0.1, -0.05) is 0 Å². The van der Waals surface area contributed by atoms with E-state index in [2.05, 4.69) is 10.2 Å². The summed E-state index contributed by atoms with van der Waals surface area (Å²) in [7, 11) is -0.721. The van der Waals surface area contributed by atoms with E-state index in [0.717, 1.165) is 23.1 Å². The molecule has 1 saturated heterocycles. The molecule has 1 N–H and O–H groups in total. The van der Waals surface area contributed by atoms with Gasteiger partial charge in [0.1, 0.15) is 0 Å². The molecule has 2 aromatic carbocycles. The molecule has 1 aliphatic heterocycles. The maximum Gasteiger partial charge on any atom is 0.338 e. The van der Waals surface area contributed by atoms with Gasteiger partial charge in [0.25, 0.3) is 5.91 Å². The lowest BCUT2D eigenvalue weighted by Gasteiger charge is -2.17. The molecule has 1 amide bonds. The highest BCUT2D eigenvalue weighted by atomic mass is 32.2. The highest BCUT2D eigenvalue weighted by molar-refractivity contribution is 7.89. The minimum absolute atomic E-state index is 0.0687. The van der Waals surface area contributed by atoms with Crippen LogP contribution in [0.4, 0.5) is 11.4 Å². The predicted octanol–water partition coefficient (Wildman–Crippen LogP) is 2.33. The van der Waals surface area contributed by atoms with Gasteiger partial charge in [-0.25, -0.2) is 17.5 Å². The van der Waals surface area contributed by atoms with E-state index in [0.29, 0.717) is 5.69 Å². The molecule has 0 aromatic heterocycles. The van der Waals surface area contributed by atoms with E-state index in [1.54, 1.807) is 0 Å². The molecular formula is C21H25N3O5S. The third kappa shape index (κ3) is 5.17. The second-order valence-corrected chi connectivity index (χ2v) is 9.33. The van der Waals surface area contributed by atoms with Crippen LogP contribution < -0.4 is 10.2 Å². The minimum atomic E-state index is -3.57. The van der Waals surface area contributed by atoms with Gasteiger partial charge in [0.2, 0.25) is 10.0 Å². The van der Waals surface area contributed by atoms with Crippen LogP contribution in [0.5, 0.6) is 0 Å². The number of esters is 1. The molecule has 0 radical (unpaired) electrons. The molecule has 30 heavy (non-hydrogen) atoms. The Morgan fingerprint density at radius 1 is 1.00 bits per heavy atom. The number of amides is 1. The van der Waals surface area contributed by atoms with Crippen molar-refractivity contribution in [2.24, 2.45) is 0 Å². The molecule has 9 heteroatoms. The number of nitrogens with zero attached hydrogens (tertiary/aromatic N) is 2. The van der Waals surface area contributed by atoms with Gasteiger partial charge in [0, 0.05) is 38.6 Å². The monoisotopic (exact) mass is 431 g/mol. The summed E-state index contributed by atoms with van der Waals surface area (Å²) < 4.78 is 30.2. The van der Waals surface area contributed by atoms with Crippen LogP contribution in [-0.2, 0) is 19.6 Å². The maximum absolute atomic E-state index is 12.1. The summed E-state index contributed by atoms with van der Waals surface area (Å²) >= 11 is 0. The molecule has 0 aliphatic carbocycles. The van der Waals surface area contributed by atoms with Crippen LogP contribution in [0.1, 0.15) is 23.2 Å². The third-order valence-electron chi connectivity index (χ3n) is 4.83. The zero-order valence-corrected chi connectivity index (χ0v) is 17.8. The van der Waals surface area contributed by atoms with Crippen LogP contribution in [0.25, 0.3) is 0 Å². The summed E-state index contributed by atoms with van der Waals surface area (Å²) in [6, 6.07) is 12.9. The van der Waals surface area contributed by atoms with Gasteiger partial charge in [0.05, 0.1) is 10.5 Å². The number of nitrogens with one attached hydrogen (secondary N) is 1. The second kappa shape index (κ2) is 9.27. The van der Waals surface area contributed by atoms with Crippen LogP contribution >= 0.6 is 0 Å². The van der Waals surface area contributed by atoms with Crippen molar-refractivity contribution in [3.63, 3.8) is 0 Å². The van der Waals surface area contributed by atoms with Crippen LogP contribution in [0, 0.1) is 0 Å². The molecule has 8 nitrogen and oxygen atoms in total. The lowest BCUT2D eigenvalue weighted by Crippen LogP contribution is -2.22. The second-order valence-electron chi connectivity index (χ2n) is 7.18. The maximum atomic E-state index is 12.1. The number of benzene rings is 2. The Morgan fingerprint density at radius 3 is 2.17 bits per heavy atom. The van der Waals surface area contributed by atoms with Crippen molar-refractivity contribution >= 4 is 33.3 Å². The number of carbonyl (C=O) groups excluding carboxylic acids is 2. The first kappa shape index (κ1) is 21.8. The van der Waals surface area contributed by atoms with Gasteiger partial charge >= 0.3 is 5.97 Å². The first-order chi connectivity index (χ1) is 14.3. The fraction of sp³-hybridized carbons (Fsp3) is 0.333. The van der Waals surface area contributed by atoms with Gasteiger partial charge in [-0.15, -0.1) is 0 Å². The third-order valence-corrected chi connectivity index (χ3v) is 6.65. The molecule has 1 heterocycles. The highest BCUT2D eigenvalue weighted by Crippen LogP contribution is 2.22. The first-order valence-corrected chi connectivity index (χ1v) is 11.1. The number of sulfonamides is 1. The lowest BCUT2D eigenvalue weighted by atomic mass is 10.2. The van der Waals surface area contributed by atoms with Gasteiger partial charge in [-0.3, -0.25) is 4.79 Å². The summed E-state index contributed by atoms with van der Waals surface area (Å²) in [6.45, 7) is 1.65. The standard InChI is InChI=1S/C21H25N3O5S/c1-23(2)30(27,28)19-11-5-16(6-12-19)21(26)29-15-20(25)22-17-7-9-18(10-8-17)24-13-3-4-14-24/h5-12H,3-4,13-15H2,1-2H3,(H,22,25). The average Bonchev–Trinajstić information content (AvgIpc) is 3.27. The van der Waals surface area contributed by atoms with Crippen LogP contribution in [0.2, 0.25) is 0 Å². The van der Waals surface area contributed by atoms with E-state index in [4.69, 9.17) is 4.74 Å². The quantitative estimate of drug-likeness (QED) is 0.676. The largest absolute Gasteiger partial charge is 0.452 e. The molecule has 0 spiro atoms. The van der Waals surface area contributed by atoms with Crippen molar-refractivity contribution in [3.8, 4) is 0 Å². The van der Waals surface area contributed by atoms with Gasteiger partial charge in [-0.2, -0.15) is 0 Å². The molecule has 0 saturated carbocycles. The van der Waals surface area contributed by atoms with Crippen molar-refractivity contribution in [2.75, 3.05) is 44.0 Å². The summed E-state index contributed by atoms with van der Waals surface area (Å²) in [5, 5.41) is 2.69. The topological polar surface area (TPSA) is 96.0 Å². The number of rotatable bonds is 7. The first-order valence-electron chi connectivity index (χ1n) is 9.62. The average molecular weight is 432 g/mol. The van der Waals surface area contributed by atoms with Crippen LogP contribution in [-0.4, -0.2) is 58.4 Å². The molecule has 1 aliphatic rings. The molecule has 1 fully saturated rings. The Balaban J connectivity index is 1.51. The minimum Gasteiger partial charge on any atom is -0.452 e. The van der Waals surface area contributed by atoms with Crippen LogP contribution in [0.3, 0.4) is 0 Å². The summed E-state index contributed by atoms with van der Waals surface area (Å²) in [5.74, 6) is -1.16. The molecule has 3 rings (SSSR count). The Morgan fingerprint density at radius 2 is 1.60 bits per heavy atom. The lowest BCUT2D eigenvalue weighted by molar-refractivity contribution is -0.119. The van der Waals surface area contributed by atoms with E-state index in [1.807, 2.05) is 24.3 Å². The number of anilines is 2. The molecule has 0 bridgehead atoms. The molecular weight excluding hydrogens is 406 g/mol. The SMILES string of the molecule is CN(C)S(=O)(=O)c1ccc(C(=O)OCC(=O)Nc2ccc(N3CCCC3)cc2)cc1. The number of carbonyl (C=O) groups is 2. The number of hydrogen-bond donors (Lipinski definition) is 1. The predicted molar refractivity (Wildman–Crippen MR) is 114 cm³/mol. The van der Waals surface area contributed by atoms with E-state index in [-0.39, 0.29) is 10.5 Å². The van der Waals surface area contributed by atoms with E-state index < -0.39 is 28.5 Å². The van der Waals surface area contributed by atoms with E-state index in [9.17, 15) is 18.0 Å². The van der Waals surface area contributed by atoms with Crippen LogP contribution in [0.15, 0.2) is 53.4 Å². The van der Waals surface area contributed by atoms with E-state index in [1.165, 1.54) is 51.2 Å². The van der Waals surface area contributed by atoms with Gasteiger partial charge < -0.3 is 15.0 Å².